The van der Waals surface area contributed by atoms with Gasteiger partial charge in [-0.15, -0.1) is 0 Å². The zero-order valence-corrected chi connectivity index (χ0v) is 7.33. The number of rotatable bonds is 3. The summed E-state index contributed by atoms with van der Waals surface area (Å²) in [6, 6.07) is 0. The van der Waals surface area contributed by atoms with Gasteiger partial charge in [-0.05, 0) is 20.8 Å². The van der Waals surface area contributed by atoms with E-state index in [-0.39, 0.29) is 0 Å². The summed E-state index contributed by atoms with van der Waals surface area (Å²) < 4.78 is 24.2. The highest BCUT2D eigenvalue weighted by Gasteiger charge is 2.13. The number of hydrogen-bond donors (Lipinski definition) is 1. The van der Waals surface area contributed by atoms with Crippen LogP contribution in [-0.2, 0) is 10.0 Å². The van der Waals surface area contributed by atoms with E-state index in [0.717, 1.165) is 0 Å². The third-order valence-electron chi connectivity index (χ3n) is 0.937. The lowest BCUT2D eigenvalue weighted by molar-refractivity contribution is 0.580. The zero-order chi connectivity index (χ0) is 8.36. The molecule has 0 atom stereocenters. The van der Waals surface area contributed by atoms with Crippen LogP contribution in [0, 0.1) is 0 Å². The fourth-order valence-electron chi connectivity index (χ4n) is 0.361. The van der Waals surface area contributed by atoms with Gasteiger partial charge in [-0.3, -0.25) is 4.72 Å². The lowest BCUT2D eigenvalue weighted by atomic mass is 10.6. The van der Waals surface area contributed by atoms with E-state index < -0.39 is 15.3 Å². The van der Waals surface area contributed by atoms with Crippen molar-refractivity contribution in [3.63, 3.8) is 0 Å². The Morgan fingerprint density at radius 3 is 2.00 bits per heavy atom. The molecular formula is C6H13NO2S. The first-order valence-electron chi connectivity index (χ1n) is 3.03. The number of hydrogen-bond acceptors (Lipinski definition) is 2. The molecule has 0 aromatic carbocycles. The van der Waals surface area contributed by atoms with Crippen LogP contribution in [0.5, 0.6) is 0 Å². The van der Waals surface area contributed by atoms with E-state index in [0.29, 0.717) is 5.70 Å². The van der Waals surface area contributed by atoms with Gasteiger partial charge in [-0.2, -0.15) is 0 Å². The summed E-state index contributed by atoms with van der Waals surface area (Å²) in [6.07, 6.45) is 0. The summed E-state index contributed by atoms with van der Waals surface area (Å²) in [5, 5.41) is -0.399. The highest BCUT2D eigenvalue weighted by Crippen LogP contribution is 1.97. The zero-order valence-electron chi connectivity index (χ0n) is 6.51. The Labute approximate surface area is 62.2 Å². The van der Waals surface area contributed by atoms with Gasteiger partial charge >= 0.3 is 0 Å². The average molecular weight is 163 g/mol. The molecule has 0 aromatic heterocycles. The lowest BCUT2D eigenvalue weighted by Gasteiger charge is -2.08. The number of allylic oxidation sites excluding steroid dienone is 1. The van der Waals surface area contributed by atoms with Crippen LogP contribution >= 0.6 is 0 Å². The Balaban J connectivity index is 4.31. The SMILES string of the molecule is C=C(C)NS(=O)(=O)C(C)C. The van der Waals surface area contributed by atoms with E-state index in [9.17, 15) is 8.42 Å². The van der Waals surface area contributed by atoms with Crippen molar-refractivity contribution in [2.24, 2.45) is 0 Å². The van der Waals surface area contributed by atoms with Gasteiger partial charge in [0.1, 0.15) is 0 Å². The number of nitrogens with one attached hydrogen (secondary N) is 1. The van der Waals surface area contributed by atoms with E-state index in [1.165, 1.54) is 0 Å². The Bertz CT molecular complexity index is 216. The summed E-state index contributed by atoms with van der Waals surface area (Å²) in [7, 11) is -3.15. The van der Waals surface area contributed by atoms with E-state index in [4.69, 9.17) is 0 Å². The Kier molecular flexibility index (Phi) is 2.90. The van der Waals surface area contributed by atoms with Crippen LogP contribution in [0.25, 0.3) is 0 Å². The lowest BCUT2D eigenvalue weighted by Crippen LogP contribution is -2.28. The summed E-state index contributed by atoms with van der Waals surface area (Å²) in [4.78, 5) is 0. The van der Waals surface area contributed by atoms with Crippen LogP contribution in [0.3, 0.4) is 0 Å². The normalized spacial score (nSPS) is 11.6. The molecule has 0 amide bonds. The van der Waals surface area contributed by atoms with Gasteiger partial charge in [-0.1, -0.05) is 6.58 Å². The molecule has 0 aliphatic rings. The molecule has 4 heteroatoms. The highest BCUT2D eigenvalue weighted by atomic mass is 32.2. The first-order valence-corrected chi connectivity index (χ1v) is 4.58. The predicted octanol–water partition coefficient (Wildman–Crippen LogP) is 0.848. The standard InChI is InChI=1S/C6H13NO2S/c1-5(2)7-10(8,9)6(3)4/h6-7H,1H2,2-4H3. The second-order valence-corrected chi connectivity index (χ2v) is 4.71. The van der Waals surface area contributed by atoms with E-state index >= 15 is 0 Å². The topological polar surface area (TPSA) is 46.2 Å². The van der Waals surface area contributed by atoms with Crippen LogP contribution in [0.4, 0.5) is 0 Å². The molecule has 0 spiro atoms. The van der Waals surface area contributed by atoms with E-state index in [1.54, 1.807) is 20.8 Å². The molecule has 0 unspecified atom stereocenters. The second kappa shape index (κ2) is 3.05. The van der Waals surface area contributed by atoms with Crippen molar-refractivity contribution in [3.05, 3.63) is 12.3 Å². The predicted molar refractivity (Wildman–Crippen MR) is 42.0 cm³/mol. The summed E-state index contributed by atoms with van der Waals surface area (Å²) >= 11 is 0. The minimum absolute atomic E-state index is 0.399. The molecule has 60 valence electrons. The monoisotopic (exact) mass is 163 g/mol. The molecule has 1 N–H and O–H groups in total. The fourth-order valence-corrected chi connectivity index (χ4v) is 1.08. The fraction of sp³-hybridized carbons (Fsp3) is 0.667. The molecule has 0 bridgehead atoms. The van der Waals surface area contributed by atoms with E-state index in [2.05, 4.69) is 11.3 Å². The molecular weight excluding hydrogens is 150 g/mol. The van der Waals surface area contributed by atoms with Crippen molar-refractivity contribution < 1.29 is 8.42 Å². The maximum atomic E-state index is 11.0. The van der Waals surface area contributed by atoms with Gasteiger partial charge in [0.15, 0.2) is 0 Å². The molecule has 0 saturated carbocycles. The summed E-state index contributed by atoms with van der Waals surface area (Å²) in [6.45, 7) is 8.28. The molecule has 10 heavy (non-hydrogen) atoms. The Morgan fingerprint density at radius 1 is 1.50 bits per heavy atom. The number of sulfonamides is 1. The maximum Gasteiger partial charge on any atom is 0.234 e. The molecule has 0 heterocycles. The highest BCUT2D eigenvalue weighted by molar-refractivity contribution is 7.90. The molecule has 0 aliphatic carbocycles. The minimum atomic E-state index is -3.15. The Morgan fingerprint density at radius 2 is 1.90 bits per heavy atom. The van der Waals surface area contributed by atoms with Crippen LogP contribution < -0.4 is 4.72 Å². The van der Waals surface area contributed by atoms with Crippen LogP contribution in [-0.4, -0.2) is 13.7 Å². The smallest absolute Gasteiger partial charge is 0.234 e. The van der Waals surface area contributed by atoms with Crippen molar-refractivity contribution >= 4 is 10.0 Å². The summed E-state index contributed by atoms with van der Waals surface area (Å²) in [5.41, 5.74) is 0.452. The van der Waals surface area contributed by atoms with Crippen molar-refractivity contribution in [1.82, 2.24) is 4.72 Å². The van der Waals surface area contributed by atoms with Crippen molar-refractivity contribution in [1.29, 1.82) is 0 Å². The molecule has 0 fully saturated rings. The van der Waals surface area contributed by atoms with Crippen molar-refractivity contribution in [2.45, 2.75) is 26.0 Å². The van der Waals surface area contributed by atoms with Gasteiger partial charge in [0.25, 0.3) is 0 Å². The Hall–Kier alpha value is -0.510. The molecule has 3 nitrogen and oxygen atoms in total. The average Bonchev–Trinajstić information content (AvgIpc) is 1.60. The molecule has 0 aromatic rings. The van der Waals surface area contributed by atoms with Crippen LogP contribution in [0.15, 0.2) is 12.3 Å². The summed E-state index contributed by atoms with van der Waals surface area (Å²) in [5.74, 6) is 0. The third kappa shape index (κ3) is 2.87. The van der Waals surface area contributed by atoms with Gasteiger partial charge in [-0.25, -0.2) is 8.42 Å². The van der Waals surface area contributed by atoms with Crippen LogP contribution in [0.1, 0.15) is 20.8 Å². The third-order valence-corrected chi connectivity index (χ3v) is 2.81. The van der Waals surface area contributed by atoms with Crippen molar-refractivity contribution in [2.75, 3.05) is 0 Å². The molecule has 0 saturated heterocycles. The van der Waals surface area contributed by atoms with E-state index in [1.807, 2.05) is 0 Å². The van der Waals surface area contributed by atoms with Gasteiger partial charge in [0.05, 0.1) is 5.25 Å². The largest absolute Gasteiger partial charge is 0.288 e. The molecule has 0 radical (unpaired) electrons. The molecule has 0 rings (SSSR count). The first-order chi connectivity index (χ1) is 4.36. The van der Waals surface area contributed by atoms with Gasteiger partial charge in [0, 0.05) is 5.70 Å². The van der Waals surface area contributed by atoms with Crippen molar-refractivity contribution in [3.8, 4) is 0 Å². The second-order valence-electron chi connectivity index (χ2n) is 2.48. The van der Waals surface area contributed by atoms with Crippen LogP contribution in [0.2, 0.25) is 0 Å². The van der Waals surface area contributed by atoms with Gasteiger partial charge in [0.2, 0.25) is 10.0 Å². The quantitative estimate of drug-likeness (QED) is 0.670. The van der Waals surface area contributed by atoms with Gasteiger partial charge < -0.3 is 0 Å². The maximum absolute atomic E-state index is 11.0. The first kappa shape index (κ1) is 9.49. The minimum Gasteiger partial charge on any atom is -0.288 e. The molecule has 0 aliphatic heterocycles.